The van der Waals surface area contributed by atoms with Gasteiger partial charge in [0.15, 0.2) is 0 Å². The van der Waals surface area contributed by atoms with Crippen molar-refractivity contribution in [2.75, 3.05) is 24.5 Å². The lowest BCUT2D eigenvalue weighted by Crippen LogP contribution is -2.53. The molecule has 0 radical (unpaired) electrons. The Morgan fingerprint density at radius 3 is 2.67 bits per heavy atom. The lowest BCUT2D eigenvalue weighted by atomic mass is 9.93. The molecule has 3 rings (SSSR count). The second kappa shape index (κ2) is 7.11. The third kappa shape index (κ3) is 3.42. The normalized spacial score (nSPS) is 27.6. The van der Waals surface area contributed by atoms with Crippen LogP contribution in [0.5, 0.6) is 0 Å². The molecule has 1 aromatic carbocycles. The summed E-state index contributed by atoms with van der Waals surface area (Å²) in [4.78, 5) is 27.9. The summed E-state index contributed by atoms with van der Waals surface area (Å²) in [6.45, 7) is 5.94. The second-order valence-electron chi connectivity index (χ2n) is 6.79. The summed E-state index contributed by atoms with van der Waals surface area (Å²) in [6, 6.07) is 7.56. The average molecular weight is 350 g/mol. The molecule has 2 heterocycles. The number of hydrogen-bond acceptors (Lipinski definition) is 3. The van der Waals surface area contributed by atoms with E-state index in [0.29, 0.717) is 17.5 Å². The van der Waals surface area contributed by atoms with E-state index in [4.69, 9.17) is 11.6 Å². The zero-order valence-electron chi connectivity index (χ0n) is 14.2. The topological polar surface area (TPSA) is 52.7 Å². The zero-order valence-corrected chi connectivity index (χ0v) is 14.9. The summed E-state index contributed by atoms with van der Waals surface area (Å²) in [6.07, 6.45) is 1.67. The number of halogens is 1. The number of nitrogens with zero attached hydrogens (tertiary/aromatic N) is 2. The van der Waals surface area contributed by atoms with E-state index in [9.17, 15) is 9.59 Å². The minimum absolute atomic E-state index is 0.0873. The number of nitrogens with one attached hydrogen (secondary N) is 1. The first kappa shape index (κ1) is 17.2. The van der Waals surface area contributed by atoms with Gasteiger partial charge >= 0.3 is 0 Å². The standard InChI is InChI=1S/C18H24ClN3O2/c1-12-11-21(13(2)23)9-7-15(12)20-16-8-10-22(18(16)24)17-6-4-3-5-14(17)19/h3-6,12,15-16,20H,7-11H2,1-2H3/t12-,15-,16-/m0/s1. The summed E-state index contributed by atoms with van der Waals surface area (Å²) >= 11 is 6.23. The van der Waals surface area contributed by atoms with E-state index in [0.717, 1.165) is 31.6 Å². The van der Waals surface area contributed by atoms with Gasteiger partial charge in [-0.2, -0.15) is 0 Å². The van der Waals surface area contributed by atoms with E-state index < -0.39 is 0 Å². The number of anilines is 1. The van der Waals surface area contributed by atoms with Gasteiger partial charge in [0.1, 0.15) is 0 Å². The van der Waals surface area contributed by atoms with Crippen LogP contribution in [0.4, 0.5) is 5.69 Å². The Morgan fingerprint density at radius 1 is 1.25 bits per heavy atom. The van der Waals surface area contributed by atoms with Gasteiger partial charge in [0.2, 0.25) is 11.8 Å². The van der Waals surface area contributed by atoms with Gasteiger partial charge in [-0.25, -0.2) is 0 Å². The van der Waals surface area contributed by atoms with E-state index in [1.165, 1.54) is 0 Å². The van der Waals surface area contributed by atoms with Crippen molar-refractivity contribution in [3.05, 3.63) is 29.3 Å². The number of hydrogen-bond donors (Lipinski definition) is 1. The molecule has 0 aromatic heterocycles. The van der Waals surface area contributed by atoms with Gasteiger partial charge in [0.05, 0.1) is 16.8 Å². The number of likely N-dealkylation sites (tertiary alicyclic amines) is 1. The molecular weight excluding hydrogens is 326 g/mol. The molecule has 1 N–H and O–H groups in total. The summed E-state index contributed by atoms with van der Waals surface area (Å²) in [5, 5.41) is 4.13. The van der Waals surface area contributed by atoms with Crippen LogP contribution in [-0.2, 0) is 9.59 Å². The van der Waals surface area contributed by atoms with Crippen molar-refractivity contribution in [3.63, 3.8) is 0 Å². The van der Waals surface area contributed by atoms with Gasteiger partial charge in [0, 0.05) is 32.6 Å². The van der Waals surface area contributed by atoms with Crippen molar-refractivity contribution >= 4 is 29.1 Å². The van der Waals surface area contributed by atoms with E-state index in [1.807, 2.05) is 29.2 Å². The molecule has 0 saturated carbocycles. The van der Waals surface area contributed by atoms with Crippen LogP contribution in [0.25, 0.3) is 0 Å². The van der Waals surface area contributed by atoms with Crippen molar-refractivity contribution in [2.24, 2.45) is 5.92 Å². The molecule has 2 fully saturated rings. The van der Waals surface area contributed by atoms with Crippen LogP contribution in [0.15, 0.2) is 24.3 Å². The quantitative estimate of drug-likeness (QED) is 0.911. The van der Waals surface area contributed by atoms with Gasteiger partial charge in [-0.05, 0) is 30.9 Å². The molecule has 2 amide bonds. The smallest absolute Gasteiger partial charge is 0.244 e. The van der Waals surface area contributed by atoms with Gasteiger partial charge in [-0.15, -0.1) is 0 Å². The largest absolute Gasteiger partial charge is 0.343 e. The van der Waals surface area contributed by atoms with Gasteiger partial charge in [0.25, 0.3) is 0 Å². The maximum atomic E-state index is 12.8. The Labute approximate surface area is 147 Å². The highest BCUT2D eigenvalue weighted by molar-refractivity contribution is 6.33. The van der Waals surface area contributed by atoms with Crippen LogP contribution in [-0.4, -0.2) is 48.4 Å². The van der Waals surface area contributed by atoms with Crippen molar-refractivity contribution in [1.82, 2.24) is 10.2 Å². The number of amides is 2. The van der Waals surface area contributed by atoms with Crippen molar-refractivity contribution < 1.29 is 9.59 Å². The minimum Gasteiger partial charge on any atom is -0.343 e. The van der Waals surface area contributed by atoms with Crippen LogP contribution in [0.1, 0.15) is 26.7 Å². The van der Waals surface area contributed by atoms with Crippen molar-refractivity contribution in [3.8, 4) is 0 Å². The molecular formula is C18H24ClN3O2. The fraction of sp³-hybridized carbons (Fsp3) is 0.556. The van der Waals surface area contributed by atoms with Crippen LogP contribution in [0.3, 0.4) is 0 Å². The first-order valence-corrected chi connectivity index (χ1v) is 8.92. The van der Waals surface area contributed by atoms with Crippen molar-refractivity contribution in [1.29, 1.82) is 0 Å². The van der Waals surface area contributed by atoms with Crippen LogP contribution >= 0.6 is 11.6 Å². The number of para-hydroxylation sites is 1. The summed E-state index contributed by atoms with van der Waals surface area (Å²) in [7, 11) is 0. The number of rotatable bonds is 3. The van der Waals surface area contributed by atoms with Crippen molar-refractivity contribution in [2.45, 2.75) is 38.8 Å². The number of carbonyl (C=O) groups is 2. The molecule has 0 bridgehead atoms. The molecule has 2 saturated heterocycles. The highest BCUT2D eigenvalue weighted by Crippen LogP contribution is 2.29. The predicted molar refractivity (Wildman–Crippen MR) is 95.2 cm³/mol. The first-order valence-electron chi connectivity index (χ1n) is 8.55. The zero-order chi connectivity index (χ0) is 17.3. The molecule has 2 aliphatic rings. The summed E-state index contributed by atoms with van der Waals surface area (Å²) in [5.41, 5.74) is 0.785. The van der Waals surface area contributed by atoms with Gasteiger partial charge in [-0.3, -0.25) is 9.59 Å². The summed E-state index contributed by atoms with van der Waals surface area (Å²) < 4.78 is 0. The molecule has 5 nitrogen and oxygen atoms in total. The molecule has 0 spiro atoms. The van der Waals surface area contributed by atoms with Gasteiger partial charge in [-0.1, -0.05) is 30.7 Å². The molecule has 0 aliphatic carbocycles. The Balaban J connectivity index is 1.62. The molecule has 6 heteroatoms. The third-order valence-corrected chi connectivity index (χ3v) is 5.43. The van der Waals surface area contributed by atoms with E-state index in [1.54, 1.807) is 11.8 Å². The maximum Gasteiger partial charge on any atom is 0.244 e. The second-order valence-corrected chi connectivity index (χ2v) is 7.19. The monoisotopic (exact) mass is 349 g/mol. The van der Waals surface area contributed by atoms with Gasteiger partial charge < -0.3 is 15.1 Å². The fourth-order valence-electron chi connectivity index (χ4n) is 3.68. The highest BCUT2D eigenvalue weighted by atomic mass is 35.5. The fourth-order valence-corrected chi connectivity index (χ4v) is 3.92. The third-order valence-electron chi connectivity index (χ3n) is 5.11. The van der Waals surface area contributed by atoms with E-state index in [-0.39, 0.29) is 23.9 Å². The maximum absolute atomic E-state index is 12.8. The van der Waals surface area contributed by atoms with E-state index in [2.05, 4.69) is 12.2 Å². The SMILES string of the molecule is CC(=O)N1CC[C@H](N[C@H]2CCN(c3ccccc3Cl)C2=O)[C@@H](C)C1. The van der Waals surface area contributed by atoms with Crippen LogP contribution in [0, 0.1) is 5.92 Å². The lowest BCUT2D eigenvalue weighted by molar-refractivity contribution is -0.131. The summed E-state index contributed by atoms with van der Waals surface area (Å²) in [5.74, 6) is 0.552. The average Bonchev–Trinajstić information content (AvgIpc) is 2.90. The first-order chi connectivity index (χ1) is 11.5. The Morgan fingerprint density at radius 2 is 2.00 bits per heavy atom. The van der Waals surface area contributed by atoms with Crippen LogP contribution in [0.2, 0.25) is 5.02 Å². The molecule has 0 unspecified atom stereocenters. The molecule has 3 atom stereocenters. The van der Waals surface area contributed by atoms with Crippen LogP contribution < -0.4 is 10.2 Å². The number of carbonyl (C=O) groups excluding carboxylic acids is 2. The Hall–Kier alpha value is -1.59. The molecule has 24 heavy (non-hydrogen) atoms. The molecule has 2 aliphatic heterocycles. The molecule has 130 valence electrons. The van der Waals surface area contributed by atoms with E-state index >= 15 is 0 Å². The lowest BCUT2D eigenvalue weighted by Gasteiger charge is -2.38. The minimum atomic E-state index is -0.169. The Bertz CT molecular complexity index is 636. The molecule has 1 aromatic rings. The number of piperidine rings is 1. The number of benzene rings is 1. The Kier molecular flexibility index (Phi) is 5.11. The predicted octanol–water partition coefficient (Wildman–Crippen LogP) is 2.29. The highest BCUT2D eigenvalue weighted by Gasteiger charge is 2.37.